The lowest BCUT2D eigenvalue weighted by Crippen LogP contribution is -2.33. The molecule has 0 atom stereocenters. The largest absolute Gasteiger partial charge is 0.398 e. The summed E-state index contributed by atoms with van der Waals surface area (Å²) < 4.78 is 24.2. The molecule has 0 unspecified atom stereocenters. The van der Waals surface area contributed by atoms with Crippen LogP contribution in [0.4, 0.5) is 5.69 Å². The van der Waals surface area contributed by atoms with Crippen molar-refractivity contribution < 1.29 is 13.2 Å². The number of nitrogens with two attached hydrogens (primary N) is 1. The van der Waals surface area contributed by atoms with Gasteiger partial charge in [-0.25, -0.2) is 8.42 Å². The average Bonchev–Trinajstić information content (AvgIpc) is 2.82. The summed E-state index contributed by atoms with van der Waals surface area (Å²) in [5.74, 6) is -0.836. The molecule has 6 heteroatoms. The number of anilines is 1. The minimum atomic E-state index is -3.64. The van der Waals surface area contributed by atoms with Gasteiger partial charge < -0.3 is 10.6 Å². The summed E-state index contributed by atoms with van der Waals surface area (Å²) in [5, 5.41) is 0. The first-order chi connectivity index (χ1) is 8.50. The Kier molecular flexibility index (Phi) is 3.56. The van der Waals surface area contributed by atoms with Gasteiger partial charge in [-0.1, -0.05) is 12.1 Å². The number of hydrogen-bond donors (Lipinski definition) is 1. The zero-order valence-corrected chi connectivity index (χ0v) is 10.8. The molecule has 1 aliphatic rings. The quantitative estimate of drug-likeness (QED) is 0.817. The third-order valence-electron chi connectivity index (χ3n) is 3.03. The van der Waals surface area contributed by atoms with Gasteiger partial charge in [0.15, 0.2) is 9.84 Å². The van der Waals surface area contributed by atoms with E-state index in [1.54, 1.807) is 17.0 Å². The Morgan fingerprint density at radius 2 is 1.83 bits per heavy atom. The Balaban J connectivity index is 2.17. The van der Waals surface area contributed by atoms with Crippen LogP contribution in [0.2, 0.25) is 0 Å². The van der Waals surface area contributed by atoms with Crippen molar-refractivity contribution in [2.75, 3.05) is 24.6 Å². The minimum absolute atomic E-state index is 0.0394. The fourth-order valence-corrected chi connectivity index (χ4v) is 3.44. The lowest BCUT2D eigenvalue weighted by Gasteiger charge is -2.15. The summed E-state index contributed by atoms with van der Waals surface area (Å²) in [4.78, 5) is 13.5. The highest BCUT2D eigenvalue weighted by atomic mass is 32.2. The molecule has 5 nitrogen and oxygen atoms in total. The number of hydrogen-bond acceptors (Lipinski definition) is 4. The van der Waals surface area contributed by atoms with Crippen molar-refractivity contribution >= 4 is 21.4 Å². The summed E-state index contributed by atoms with van der Waals surface area (Å²) >= 11 is 0. The number of rotatable bonds is 3. The summed E-state index contributed by atoms with van der Waals surface area (Å²) in [5.41, 5.74) is 5.82. The number of likely N-dealkylation sites (tertiary alicyclic amines) is 1. The number of nitrogen functional groups attached to an aromatic ring is 1. The molecule has 1 aliphatic heterocycles. The minimum Gasteiger partial charge on any atom is -0.398 e. The van der Waals surface area contributed by atoms with Crippen LogP contribution >= 0.6 is 0 Å². The maximum absolute atomic E-state index is 12.1. The molecule has 1 amide bonds. The van der Waals surface area contributed by atoms with Gasteiger partial charge in [-0.15, -0.1) is 0 Å². The van der Waals surface area contributed by atoms with Crippen LogP contribution in [-0.2, 0) is 14.6 Å². The molecule has 0 bridgehead atoms. The molecule has 1 aromatic rings. The van der Waals surface area contributed by atoms with Gasteiger partial charge in [0, 0.05) is 13.1 Å². The smallest absolute Gasteiger partial charge is 0.238 e. The van der Waals surface area contributed by atoms with Crippen molar-refractivity contribution in [3.05, 3.63) is 24.3 Å². The third-order valence-corrected chi connectivity index (χ3v) is 4.70. The zero-order chi connectivity index (χ0) is 13.2. The van der Waals surface area contributed by atoms with E-state index >= 15 is 0 Å². The van der Waals surface area contributed by atoms with Gasteiger partial charge >= 0.3 is 0 Å². The molecule has 0 spiro atoms. The van der Waals surface area contributed by atoms with Crippen molar-refractivity contribution in [1.29, 1.82) is 0 Å². The topological polar surface area (TPSA) is 80.5 Å². The number of sulfone groups is 1. The molecule has 0 aliphatic carbocycles. The molecule has 98 valence electrons. The Morgan fingerprint density at radius 3 is 2.44 bits per heavy atom. The molecule has 18 heavy (non-hydrogen) atoms. The number of carbonyl (C=O) groups excluding carboxylic acids is 1. The highest BCUT2D eigenvalue weighted by molar-refractivity contribution is 7.92. The highest BCUT2D eigenvalue weighted by Gasteiger charge is 2.26. The molecule has 0 radical (unpaired) electrons. The van der Waals surface area contributed by atoms with E-state index in [1.807, 2.05) is 0 Å². The van der Waals surface area contributed by atoms with E-state index in [0.29, 0.717) is 13.1 Å². The standard InChI is InChI=1S/C12H16N2O3S/c13-10-5-1-2-6-11(10)18(16,17)9-12(15)14-7-3-4-8-14/h1-2,5-6H,3-4,7-9,13H2. The van der Waals surface area contributed by atoms with Crippen molar-refractivity contribution in [1.82, 2.24) is 4.90 Å². The zero-order valence-electron chi connectivity index (χ0n) is 10.0. The van der Waals surface area contributed by atoms with Crippen molar-refractivity contribution in [2.45, 2.75) is 17.7 Å². The Hall–Kier alpha value is -1.56. The first-order valence-electron chi connectivity index (χ1n) is 5.86. The van der Waals surface area contributed by atoms with Crippen molar-refractivity contribution in [3.8, 4) is 0 Å². The summed E-state index contributed by atoms with van der Waals surface area (Å²) in [6.07, 6.45) is 1.89. The maximum Gasteiger partial charge on any atom is 0.238 e. The van der Waals surface area contributed by atoms with Crippen LogP contribution in [0.15, 0.2) is 29.2 Å². The Labute approximate surface area is 107 Å². The van der Waals surface area contributed by atoms with E-state index in [0.717, 1.165) is 12.8 Å². The molecule has 1 fully saturated rings. The molecule has 1 saturated heterocycles. The average molecular weight is 268 g/mol. The molecule has 2 rings (SSSR count). The highest BCUT2D eigenvalue weighted by Crippen LogP contribution is 2.19. The van der Waals surface area contributed by atoms with Crippen molar-refractivity contribution in [2.24, 2.45) is 0 Å². The molecule has 1 heterocycles. The normalized spacial score (nSPS) is 15.9. The summed E-state index contributed by atoms with van der Waals surface area (Å²) in [7, 11) is -3.64. The van der Waals surface area contributed by atoms with Crippen LogP contribution in [0.1, 0.15) is 12.8 Å². The van der Waals surface area contributed by atoms with E-state index in [2.05, 4.69) is 0 Å². The second-order valence-corrected chi connectivity index (χ2v) is 6.34. The fourth-order valence-electron chi connectivity index (χ4n) is 2.06. The first-order valence-corrected chi connectivity index (χ1v) is 7.51. The number of benzene rings is 1. The first kappa shape index (κ1) is 12.9. The lowest BCUT2D eigenvalue weighted by molar-refractivity contribution is -0.127. The van der Waals surface area contributed by atoms with Crippen molar-refractivity contribution in [3.63, 3.8) is 0 Å². The van der Waals surface area contributed by atoms with E-state index in [1.165, 1.54) is 12.1 Å². The number of carbonyl (C=O) groups is 1. The van der Waals surface area contributed by atoms with Gasteiger partial charge in [0.2, 0.25) is 5.91 Å². The maximum atomic E-state index is 12.1. The molecule has 2 N–H and O–H groups in total. The number of para-hydroxylation sites is 1. The van der Waals surface area contributed by atoms with Gasteiger partial charge in [0.1, 0.15) is 5.75 Å². The van der Waals surface area contributed by atoms with Crippen LogP contribution in [0.3, 0.4) is 0 Å². The van der Waals surface area contributed by atoms with E-state index < -0.39 is 15.6 Å². The molecular weight excluding hydrogens is 252 g/mol. The second kappa shape index (κ2) is 4.97. The summed E-state index contributed by atoms with van der Waals surface area (Å²) in [6.45, 7) is 1.30. The molecule has 0 aromatic heterocycles. The molecular formula is C12H16N2O3S. The molecule has 1 aromatic carbocycles. The Morgan fingerprint density at radius 1 is 1.22 bits per heavy atom. The van der Waals surface area contributed by atoms with Crippen LogP contribution in [0.5, 0.6) is 0 Å². The summed E-state index contributed by atoms with van der Waals surface area (Å²) in [6, 6.07) is 6.22. The van der Waals surface area contributed by atoms with Crippen LogP contribution in [0, 0.1) is 0 Å². The second-order valence-electron chi connectivity index (χ2n) is 4.38. The SMILES string of the molecule is Nc1ccccc1S(=O)(=O)CC(=O)N1CCCC1. The third kappa shape index (κ3) is 2.64. The molecule has 0 saturated carbocycles. The van der Waals surface area contributed by atoms with Gasteiger partial charge in [-0.05, 0) is 25.0 Å². The van der Waals surface area contributed by atoms with Gasteiger partial charge in [0.25, 0.3) is 0 Å². The van der Waals surface area contributed by atoms with Crippen LogP contribution in [-0.4, -0.2) is 38.1 Å². The van der Waals surface area contributed by atoms with Crippen LogP contribution in [0.25, 0.3) is 0 Å². The lowest BCUT2D eigenvalue weighted by atomic mass is 10.3. The fraction of sp³-hybridized carbons (Fsp3) is 0.417. The van der Waals surface area contributed by atoms with E-state index in [-0.39, 0.29) is 16.5 Å². The number of amides is 1. The van der Waals surface area contributed by atoms with Gasteiger partial charge in [-0.3, -0.25) is 4.79 Å². The predicted octanol–water partition coefficient (Wildman–Crippen LogP) is 0.665. The van der Waals surface area contributed by atoms with Crippen LogP contribution < -0.4 is 5.73 Å². The number of nitrogens with zero attached hydrogens (tertiary/aromatic N) is 1. The van der Waals surface area contributed by atoms with E-state index in [9.17, 15) is 13.2 Å². The monoisotopic (exact) mass is 268 g/mol. The Bertz CT molecular complexity index is 548. The predicted molar refractivity (Wildman–Crippen MR) is 68.7 cm³/mol. The van der Waals surface area contributed by atoms with E-state index in [4.69, 9.17) is 5.73 Å². The van der Waals surface area contributed by atoms with Gasteiger partial charge in [-0.2, -0.15) is 0 Å². The van der Waals surface area contributed by atoms with Gasteiger partial charge in [0.05, 0.1) is 10.6 Å².